The average Bonchev–Trinajstić information content (AvgIpc) is 3.28. The first kappa shape index (κ1) is 15.1. The molecule has 1 atom stereocenters. The second-order valence-corrected chi connectivity index (χ2v) is 6.97. The van der Waals surface area contributed by atoms with Gasteiger partial charge in [0, 0.05) is 31.4 Å². The molecule has 0 saturated carbocycles. The topological polar surface area (TPSA) is 80.0 Å². The second-order valence-electron chi connectivity index (χ2n) is 6.02. The van der Waals surface area contributed by atoms with E-state index in [1.807, 2.05) is 23.0 Å². The molecule has 1 aromatic carbocycles. The van der Waals surface area contributed by atoms with Gasteiger partial charge < -0.3 is 10.0 Å². The smallest absolute Gasteiger partial charge is 0.208 e. The SMILES string of the molecule is Oc1ccc(-c2nnc(N3CCCC(Cn4ccnn4)C3)s2)cc1. The Bertz CT molecular complexity index is 785. The summed E-state index contributed by atoms with van der Waals surface area (Å²) in [6, 6.07) is 7.07. The van der Waals surface area contributed by atoms with Gasteiger partial charge >= 0.3 is 0 Å². The maximum Gasteiger partial charge on any atom is 0.208 e. The van der Waals surface area contributed by atoms with Crippen LogP contribution in [0.1, 0.15) is 12.8 Å². The van der Waals surface area contributed by atoms with Crippen LogP contribution in [-0.4, -0.2) is 43.4 Å². The molecule has 1 saturated heterocycles. The highest BCUT2D eigenvalue weighted by atomic mass is 32.1. The van der Waals surface area contributed by atoms with Crippen LogP contribution in [0.15, 0.2) is 36.7 Å². The molecule has 0 amide bonds. The van der Waals surface area contributed by atoms with Gasteiger partial charge in [0.15, 0.2) is 0 Å². The Morgan fingerprint density at radius 3 is 2.88 bits per heavy atom. The molecule has 0 aliphatic carbocycles. The van der Waals surface area contributed by atoms with Gasteiger partial charge in [0.1, 0.15) is 10.8 Å². The summed E-state index contributed by atoms with van der Waals surface area (Å²) in [6.07, 6.45) is 5.97. The van der Waals surface area contributed by atoms with Crippen LogP contribution in [0.3, 0.4) is 0 Å². The van der Waals surface area contributed by atoms with E-state index in [1.165, 1.54) is 6.42 Å². The Labute approximate surface area is 143 Å². The molecule has 0 spiro atoms. The zero-order chi connectivity index (χ0) is 16.4. The number of anilines is 1. The molecule has 1 aliphatic heterocycles. The van der Waals surface area contributed by atoms with Crippen LogP contribution in [0.25, 0.3) is 10.6 Å². The normalized spacial score (nSPS) is 18.0. The maximum atomic E-state index is 9.39. The molecule has 1 aliphatic rings. The minimum atomic E-state index is 0.260. The third-order valence-electron chi connectivity index (χ3n) is 4.24. The van der Waals surface area contributed by atoms with E-state index in [4.69, 9.17) is 0 Å². The van der Waals surface area contributed by atoms with Crippen LogP contribution < -0.4 is 4.90 Å². The van der Waals surface area contributed by atoms with Crippen molar-refractivity contribution in [3.8, 4) is 16.3 Å². The second kappa shape index (κ2) is 6.56. The van der Waals surface area contributed by atoms with E-state index in [1.54, 1.807) is 29.7 Å². The molecule has 2 aromatic heterocycles. The van der Waals surface area contributed by atoms with E-state index in [0.717, 1.165) is 41.8 Å². The van der Waals surface area contributed by atoms with Crippen LogP contribution in [0.4, 0.5) is 5.13 Å². The van der Waals surface area contributed by atoms with Crippen molar-refractivity contribution in [2.75, 3.05) is 18.0 Å². The van der Waals surface area contributed by atoms with Crippen LogP contribution in [0.2, 0.25) is 0 Å². The predicted molar refractivity (Wildman–Crippen MR) is 92.0 cm³/mol. The van der Waals surface area contributed by atoms with Crippen molar-refractivity contribution in [1.82, 2.24) is 25.2 Å². The largest absolute Gasteiger partial charge is 0.508 e. The average molecular weight is 342 g/mol. The van der Waals surface area contributed by atoms with Crippen LogP contribution >= 0.6 is 11.3 Å². The molecule has 24 heavy (non-hydrogen) atoms. The van der Waals surface area contributed by atoms with Gasteiger partial charge in [-0.2, -0.15) is 0 Å². The number of aromatic nitrogens is 5. The number of aromatic hydroxyl groups is 1. The lowest BCUT2D eigenvalue weighted by Gasteiger charge is -2.32. The third kappa shape index (κ3) is 3.23. The highest BCUT2D eigenvalue weighted by Gasteiger charge is 2.23. The van der Waals surface area contributed by atoms with E-state index in [9.17, 15) is 5.11 Å². The summed E-state index contributed by atoms with van der Waals surface area (Å²) >= 11 is 1.60. The standard InChI is InChI=1S/C16H18N6OS/c23-14-5-3-13(4-6-14)15-18-19-16(24-15)21-8-1-2-12(10-21)11-22-9-7-17-20-22/h3-7,9,12,23H,1-2,8,10-11H2. The predicted octanol–water partition coefficient (Wildman–Crippen LogP) is 2.42. The fourth-order valence-corrected chi connectivity index (χ4v) is 3.93. The molecule has 4 rings (SSSR count). The quantitative estimate of drug-likeness (QED) is 0.784. The minimum absolute atomic E-state index is 0.260. The summed E-state index contributed by atoms with van der Waals surface area (Å²) in [4.78, 5) is 2.31. The number of rotatable bonds is 4. The third-order valence-corrected chi connectivity index (χ3v) is 5.27. The lowest BCUT2D eigenvalue weighted by atomic mass is 9.98. The summed E-state index contributed by atoms with van der Waals surface area (Å²) < 4.78 is 1.90. The Morgan fingerprint density at radius 1 is 1.21 bits per heavy atom. The molecule has 3 heterocycles. The van der Waals surface area contributed by atoms with Gasteiger partial charge in [0.2, 0.25) is 5.13 Å². The van der Waals surface area contributed by atoms with Gasteiger partial charge in [-0.15, -0.1) is 15.3 Å². The zero-order valence-corrected chi connectivity index (χ0v) is 13.9. The molecule has 1 fully saturated rings. The van der Waals surface area contributed by atoms with Gasteiger partial charge in [-0.3, -0.25) is 4.68 Å². The van der Waals surface area contributed by atoms with Crippen molar-refractivity contribution in [2.24, 2.45) is 5.92 Å². The Hall–Kier alpha value is -2.48. The molecular weight excluding hydrogens is 324 g/mol. The molecule has 7 nitrogen and oxygen atoms in total. The molecule has 0 bridgehead atoms. The summed E-state index contributed by atoms with van der Waals surface area (Å²) in [5.74, 6) is 0.803. The Kier molecular flexibility index (Phi) is 4.12. The first-order chi connectivity index (χ1) is 11.8. The fourth-order valence-electron chi connectivity index (χ4n) is 3.05. The molecule has 124 valence electrons. The highest BCUT2D eigenvalue weighted by Crippen LogP contribution is 2.32. The van der Waals surface area contributed by atoms with Crippen molar-refractivity contribution < 1.29 is 5.11 Å². The Balaban J connectivity index is 1.46. The zero-order valence-electron chi connectivity index (χ0n) is 13.1. The first-order valence-electron chi connectivity index (χ1n) is 8.00. The van der Waals surface area contributed by atoms with Gasteiger partial charge in [-0.25, -0.2) is 0 Å². The number of benzene rings is 1. The van der Waals surface area contributed by atoms with Gasteiger partial charge in [-0.1, -0.05) is 16.6 Å². The van der Waals surface area contributed by atoms with E-state index in [0.29, 0.717) is 5.92 Å². The van der Waals surface area contributed by atoms with Gasteiger partial charge in [0.05, 0.1) is 6.20 Å². The van der Waals surface area contributed by atoms with Crippen molar-refractivity contribution >= 4 is 16.5 Å². The molecule has 3 aromatic rings. The van der Waals surface area contributed by atoms with E-state index in [-0.39, 0.29) is 5.75 Å². The first-order valence-corrected chi connectivity index (χ1v) is 8.81. The number of hydrogen-bond acceptors (Lipinski definition) is 7. The summed E-state index contributed by atoms with van der Waals surface area (Å²) in [7, 11) is 0. The summed E-state index contributed by atoms with van der Waals surface area (Å²) in [5, 5.41) is 27.8. The van der Waals surface area contributed by atoms with Crippen LogP contribution in [0, 0.1) is 5.92 Å². The monoisotopic (exact) mass is 342 g/mol. The van der Waals surface area contributed by atoms with Crippen LogP contribution in [-0.2, 0) is 6.54 Å². The molecule has 1 unspecified atom stereocenters. The van der Waals surface area contributed by atoms with Crippen molar-refractivity contribution in [3.05, 3.63) is 36.7 Å². The molecule has 0 radical (unpaired) electrons. The van der Waals surface area contributed by atoms with E-state index in [2.05, 4.69) is 25.4 Å². The number of nitrogens with zero attached hydrogens (tertiary/aromatic N) is 6. The maximum absolute atomic E-state index is 9.39. The molecular formula is C16H18N6OS. The number of phenolic OH excluding ortho intramolecular Hbond substituents is 1. The fraction of sp³-hybridized carbons (Fsp3) is 0.375. The van der Waals surface area contributed by atoms with E-state index < -0.39 is 0 Å². The highest BCUT2D eigenvalue weighted by molar-refractivity contribution is 7.18. The summed E-state index contributed by atoms with van der Waals surface area (Å²) in [5.41, 5.74) is 0.979. The summed E-state index contributed by atoms with van der Waals surface area (Å²) in [6.45, 7) is 2.86. The van der Waals surface area contributed by atoms with Crippen molar-refractivity contribution in [2.45, 2.75) is 19.4 Å². The minimum Gasteiger partial charge on any atom is -0.508 e. The van der Waals surface area contributed by atoms with Crippen molar-refractivity contribution in [3.63, 3.8) is 0 Å². The lowest BCUT2D eigenvalue weighted by molar-refractivity contribution is 0.348. The van der Waals surface area contributed by atoms with Crippen molar-refractivity contribution in [1.29, 1.82) is 0 Å². The van der Waals surface area contributed by atoms with Gasteiger partial charge in [0.25, 0.3) is 0 Å². The number of piperidine rings is 1. The lowest BCUT2D eigenvalue weighted by Crippen LogP contribution is -2.37. The van der Waals surface area contributed by atoms with E-state index >= 15 is 0 Å². The van der Waals surface area contributed by atoms with Gasteiger partial charge in [-0.05, 0) is 43.0 Å². The number of phenols is 1. The van der Waals surface area contributed by atoms with Crippen LogP contribution in [0.5, 0.6) is 5.75 Å². The number of hydrogen-bond donors (Lipinski definition) is 1. The Morgan fingerprint density at radius 2 is 2.08 bits per heavy atom. The molecule has 1 N–H and O–H groups in total. The molecule has 8 heteroatoms.